The molecule has 192 valence electrons. The summed E-state index contributed by atoms with van der Waals surface area (Å²) < 4.78 is 13.9. The lowest BCUT2D eigenvalue weighted by molar-refractivity contribution is 0.151. The maximum atomic E-state index is 13.0. The van der Waals surface area contributed by atoms with Crippen LogP contribution >= 0.6 is 22.9 Å². The number of carbonyl (C=O) groups is 1. The van der Waals surface area contributed by atoms with Crippen LogP contribution in [0, 0.1) is 18.3 Å². The van der Waals surface area contributed by atoms with Crippen LogP contribution in [0.15, 0.2) is 40.9 Å². The van der Waals surface area contributed by atoms with Gasteiger partial charge in [-0.15, -0.1) is 11.3 Å². The summed E-state index contributed by atoms with van der Waals surface area (Å²) in [5, 5.41) is 18.0. The molecule has 4 heterocycles. The number of rotatable bonds is 6. The van der Waals surface area contributed by atoms with Crippen LogP contribution in [0.5, 0.6) is 5.88 Å². The number of nitrogens with one attached hydrogen (secondary N) is 1. The Morgan fingerprint density at radius 1 is 1.32 bits per heavy atom. The first-order chi connectivity index (χ1) is 17.8. The smallest absolute Gasteiger partial charge is 0.392 e. The van der Waals surface area contributed by atoms with Gasteiger partial charge in [0.25, 0.3) is 0 Å². The second-order valence-corrected chi connectivity index (χ2v) is 11.3. The van der Waals surface area contributed by atoms with Gasteiger partial charge in [0.15, 0.2) is 5.76 Å². The van der Waals surface area contributed by atoms with Crippen molar-refractivity contribution >= 4 is 39.9 Å². The summed E-state index contributed by atoms with van der Waals surface area (Å²) in [7, 11) is 0. The number of aryl methyl sites for hydroxylation is 1. The van der Waals surface area contributed by atoms with Gasteiger partial charge in [0.2, 0.25) is 5.88 Å². The molecule has 1 aromatic carbocycles. The zero-order valence-corrected chi connectivity index (χ0v) is 22.5. The van der Waals surface area contributed by atoms with Crippen LogP contribution in [0.25, 0.3) is 21.5 Å². The molecule has 0 saturated carbocycles. The number of ether oxygens (including phenoxy) is 1. The Hall–Kier alpha value is -3.32. The number of nitriles is 1. The number of thiophene rings is 1. The number of piperidine rings is 1. The summed E-state index contributed by atoms with van der Waals surface area (Å²) >= 11 is 7.48. The SMILES string of the molecule is Cc1cccc2c(C#N)c(OC(=O)NC3CCN(C(C)C)CC3)n(Cc3cc(-c4ccc(Cl)s4)on3)c12. The van der Waals surface area contributed by atoms with Crippen LogP contribution in [0.1, 0.15) is 43.5 Å². The summed E-state index contributed by atoms with van der Waals surface area (Å²) in [5.41, 5.74) is 2.72. The molecule has 0 bridgehead atoms. The van der Waals surface area contributed by atoms with Crippen LogP contribution in [0.3, 0.4) is 0 Å². The quantitative estimate of drug-likeness (QED) is 0.314. The van der Waals surface area contributed by atoms with Crippen LogP contribution in [0.4, 0.5) is 4.79 Å². The molecule has 1 N–H and O–H groups in total. The third-order valence-corrected chi connectivity index (χ3v) is 8.06. The summed E-state index contributed by atoms with van der Waals surface area (Å²) in [4.78, 5) is 16.3. The van der Waals surface area contributed by atoms with E-state index < -0.39 is 6.09 Å². The van der Waals surface area contributed by atoms with Crippen molar-refractivity contribution in [2.24, 2.45) is 0 Å². The number of carbonyl (C=O) groups excluding carboxylic acids is 1. The van der Waals surface area contributed by atoms with E-state index in [-0.39, 0.29) is 18.5 Å². The monoisotopic (exact) mass is 537 g/mol. The zero-order valence-electron chi connectivity index (χ0n) is 21.0. The third kappa shape index (κ3) is 5.23. The second-order valence-electron chi connectivity index (χ2n) is 9.57. The van der Waals surface area contributed by atoms with Crippen molar-refractivity contribution in [2.45, 2.75) is 52.2 Å². The molecule has 1 saturated heterocycles. The fourth-order valence-electron chi connectivity index (χ4n) is 4.89. The van der Waals surface area contributed by atoms with E-state index in [1.807, 2.05) is 47.9 Å². The van der Waals surface area contributed by atoms with Crippen molar-refractivity contribution in [3.63, 3.8) is 0 Å². The molecule has 0 unspecified atom stereocenters. The predicted octanol–water partition coefficient (Wildman–Crippen LogP) is 6.20. The first-order valence-electron chi connectivity index (χ1n) is 12.3. The minimum Gasteiger partial charge on any atom is -0.392 e. The Morgan fingerprint density at radius 2 is 2.11 bits per heavy atom. The summed E-state index contributed by atoms with van der Waals surface area (Å²) in [6, 6.07) is 14.0. The average Bonchev–Trinajstić information content (AvgIpc) is 3.58. The second kappa shape index (κ2) is 10.6. The number of para-hydroxylation sites is 1. The molecule has 1 fully saturated rings. The van der Waals surface area contributed by atoms with Gasteiger partial charge in [-0.3, -0.25) is 0 Å². The number of hydrogen-bond donors (Lipinski definition) is 1. The number of nitrogens with zero attached hydrogens (tertiary/aromatic N) is 4. The Bertz CT molecular complexity index is 1470. The lowest BCUT2D eigenvalue weighted by Crippen LogP contribution is -2.47. The molecular formula is C27H28ClN5O3S. The number of benzene rings is 1. The highest BCUT2D eigenvalue weighted by molar-refractivity contribution is 7.19. The van der Waals surface area contributed by atoms with Gasteiger partial charge < -0.3 is 24.0 Å². The highest BCUT2D eigenvalue weighted by Gasteiger charge is 2.26. The third-order valence-electron chi connectivity index (χ3n) is 6.81. The van der Waals surface area contributed by atoms with Gasteiger partial charge >= 0.3 is 6.09 Å². The van der Waals surface area contributed by atoms with E-state index in [1.165, 1.54) is 11.3 Å². The van der Waals surface area contributed by atoms with E-state index in [1.54, 1.807) is 0 Å². The Kier molecular flexibility index (Phi) is 7.24. The molecule has 0 atom stereocenters. The van der Waals surface area contributed by atoms with Crippen molar-refractivity contribution in [1.82, 2.24) is 19.9 Å². The largest absolute Gasteiger partial charge is 0.414 e. The standard InChI is InChI=1S/C27H28ClN5O3S/c1-16(2)32-11-9-18(10-12-32)30-27(34)35-26-21(14-29)20-6-4-5-17(3)25(20)33(26)15-19-13-22(36-31-19)23-7-8-24(28)37-23/h4-8,13,16,18H,9-12,15H2,1-3H3,(H,30,34). The van der Waals surface area contributed by atoms with Crippen molar-refractivity contribution in [3.05, 3.63) is 57.6 Å². The highest BCUT2D eigenvalue weighted by atomic mass is 35.5. The zero-order chi connectivity index (χ0) is 26.1. The molecular weight excluding hydrogens is 510 g/mol. The molecule has 10 heteroatoms. The van der Waals surface area contributed by atoms with Crippen molar-refractivity contribution in [3.8, 4) is 22.6 Å². The number of likely N-dealkylation sites (tertiary alicyclic amines) is 1. The molecule has 4 aromatic rings. The topological polar surface area (TPSA) is 96.3 Å². The van der Waals surface area contributed by atoms with E-state index >= 15 is 0 Å². The lowest BCUT2D eigenvalue weighted by Gasteiger charge is -2.34. The van der Waals surface area contributed by atoms with Crippen molar-refractivity contribution in [2.75, 3.05) is 13.1 Å². The molecule has 5 rings (SSSR count). The molecule has 1 aliphatic heterocycles. The summed E-state index contributed by atoms with van der Waals surface area (Å²) in [6.45, 7) is 8.44. The van der Waals surface area contributed by atoms with E-state index in [4.69, 9.17) is 20.9 Å². The molecule has 1 aliphatic rings. The van der Waals surface area contributed by atoms with E-state index in [9.17, 15) is 10.1 Å². The number of halogens is 1. The van der Waals surface area contributed by atoms with Gasteiger partial charge in [0, 0.05) is 36.6 Å². The first kappa shape index (κ1) is 25.3. The number of amides is 1. The van der Waals surface area contributed by atoms with E-state index in [0.717, 1.165) is 47.3 Å². The number of aromatic nitrogens is 2. The number of fused-ring (bicyclic) bond motifs is 1. The van der Waals surface area contributed by atoms with E-state index in [0.29, 0.717) is 27.4 Å². The Morgan fingerprint density at radius 3 is 2.78 bits per heavy atom. The minimum absolute atomic E-state index is 0.0309. The van der Waals surface area contributed by atoms with Gasteiger partial charge in [-0.2, -0.15) is 5.26 Å². The molecule has 3 aromatic heterocycles. The molecule has 37 heavy (non-hydrogen) atoms. The van der Waals surface area contributed by atoms with Gasteiger partial charge in [-0.25, -0.2) is 4.79 Å². The fraction of sp³-hybridized carbons (Fsp3) is 0.370. The van der Waals surface area contributed by atoms with Crippen molar-refractivity contribution in [1.29, 1.82) is 5.26 Å². The minimum atomic E-state index is -0.560. The molecule has 0 spiro atoms. The van der Waals surface area contributed by atoms with Crippen LogP contribution in [-0.4, -0.2) is 45.9 Å². The maximum absolute atomic E-state index is 13.0. The highest BCUT2D eigenvalue weighted by Crippen LogP contribution is 2.36. The lowest BCUT2D eigenvalue weighted by atomic mass is 10.0. The summed E-state index contributed by atoms with van der Waals surface area (Å²) in [5.74, 6) is 0.807. The average molecular weight is 538 g/mol. The van der Waals surface area contributed by atoms with Gasteiger partial charge in [0.05, 0.1) is 21.3 Å². The fourth-order valence-corrected chi connectivity index (χ4v) is 5.88. The molecule has 8 nitrogen and oxygen atoms in total. The van der Waals surface area contributed by atoms with Gasteiger partial charge in [-0.05, 0) is 51.3 Å². The maximum Gasteiger partial charge on any atom is 0.414 e. The Labute approximate surface area is 224 Å². The predicted molar refractivity (Wildman–Crippen MR) is 144 cm³/mol. The Balaban J connectivity index is 1.43. The van der Waals surface area contributed by atoms with Crippen LogP contribution in [0.2, 0.25) is 4.34 Å². The number of hydrogen-bond acceptors (Lipinski definition) is 7. The summed E-state index contributed by atoms with van der Waals surface area (Å²) in [6.07, 6.45) is 1.15. The van der Waals surface area contributed by atoms with Gasteiger partial charge in [0.1, 0.15) is 17.3 Å². The van der Waals surface area contributed by atoms with Gasteiger partial charge in [-0.1, -0.05) is 35.0 Å². The molecule has 0 radical (unpaired) electrons. The van der Waals surface area contributed by atoms with Crippen LogP contribution < -0.4 is 10.1 Å². The van der Waals surface area contributed by atoms with E-state index in [2.05, 4.69) is 35.3 Å². The molecule has 0 aliphatic carbocycles. The molecule has 1 amide bonds. The normalized spacial score (nSPS) is 14.8. The van der Waals surface area contributed by atoms with Crippen molar-refractivity contribution < 1.29 is 14.1 Å². The first-order valence-corrected chi connectivity index (χ1v) is 13.5. The van der Waals surface area contributed by atoms with Crippen LogP contribution in [-0.2, 0) is 6.54 Å².